The number of methoxy groups -OCH3 is 1. The molecule has 0 aliphatic carbocycles. The first-order valence-corrected chi connectivity index (χ1v) is 14.2. The number of nitrogens with zero attached hydrogens (tertiary/aromatic N) is 6. The molecule has 12 heteroatoms. The standard InChI is InChI=1S/C24H30N6O4S2/c1-4-36(31,32)30-12-10-29(11-13-30)22-19-14-20(17-7-8-21(33-3)25-15-17)35-23(19)27-24(26-22)34-16-18-6-5-9-28(18)2/h4,7-8,14-15,18H,1,5-6,9-13,16H2,2-3H3/t18-/m1/s1. The molecule has 2 saturated heterocycles. The molecule has 3 aromatic heterocycles. The lowest BCUT2D eigenvalue weighted by atomic mass is 10.2. The Balaban J connectivity index is 1.46. The summed E-state index contributed by atoms with van der Waals surface area (Å²) in [5.74, 6) is 1.31. The monoisotopic (exact) mass is 530 g/mol. The van der Waals surface area contributed by atoms with Crippen molar-refractivity contribution in [1.82, 2.24) is 24.2 Å². The lowest BCUT2D eigenvalue weighted by molar-refractivity contribution is 0.188. The number of hydrogen-bond acceptors (Lipinski definition) is 10. The molecular weight excluding hydrogens is 500 g/mol. The van der Waals surface area contributed by atoms with Crippen molar-refractivity contribution in [2.45, 2.75) is 18.9 Å². The third-order valence-electron chi connectivity index (χ3n) is 6.77. The number of likely N-dealkylation sites (N-methyl/N-ethyl adjacent to an activating group) is 1. The van der Waals surface area contributed by atoms with E-state index in [4.69, 9.17) is 19.4 Å². The fraction of sp³-hybridized carbons (Fsp3) is 0.458. The highest BCUT2D eigenvalue weighted by molar-refractivity contribution is 7.92. The van der Waals surface area contributed by atoms with Crippen molar-refractivity contribution in [2.24, 2.45) is 0 Å². The molecule has 0 aromatic carbocycles. The Kier molecular flexibility index (Phi) is 7.11. The minimum absolute atomic E-state index is 0.347. The third-order valence-corrected chi connectivity index (χ3v) is 9.35. The van der Waals surface area contributed by atoms with Gasteiger partial charge in [0.2, 0.25) is 15.9 Å². The molecule has 0 amide bonds. The maximum atomic E-state index is 12.2. The van der Waals surface area contributed by atoms with E-state index in [2.05, 4.69) is 34.5 Å². The Morgan fingerprint density at radius 1 is 1.19 bits per heavy atom. The highest BCUT2D eigenvalue weighted by Gasteiger charge is 2.28. The second kappa shape index (κ2) is 10.3. The maximum Gasteiger partial charge on any atom is 0.319 e. The summed E-state index contributed by atoms with van der Waals surface area (Å²) in [6.07, 6.45) is 4.04. The van der Waals surface area contributed by atoms with Crippen LogP contribution in [0.5, 0.6) is 11.9 Å². The van der Waals surface area contributed by atoms with E-state index in [9.17, 15) is 8.42 Å². The number of rotatable bonds is 8. The van der Waals surface area contributed by atoms with Crippen LogP contribution in [-0.4, -0.2) is 92.1 Å². The summed E-state index contributed by atoms with van der Waals surface area (Å²) in [6, 6.07) is 6.57. The molecule has 0 saturated carbocycles. The molecule has 1 atom stereocenters. The van der Waals surface area contributed by atoms with Gasteiger partial charge >= 0.3 is 6.01 Å². The average Bonchev–Trinajstić information content (AvgIpc) is 3.53. The number of piperazine rings is 1. The summed E-state index contributed by atoms with van der Waals surface area (Å²) in [5.41, 5.74) is 0.960. The number of aromatic nitrogens is 3. The highest BCUT2D eigenvalue weighted by Crippen LogP contribution is 2.38. The van der Waals surface area contributed by atoms with Crippen LogP contribution in [0.4, 0.5) is 5.82 Å². The lowest BCUT2D eigenvalue weighted by Crippen LogP contribution is -2.48. The molecule has 5 rings (SSSR count). The first-order chi connectivity index (χ1) is 17.4. The van der Waals surface area contributed by atoms with Crippen molar-refractivity contribution < 1.29 is 17.9 Å². The molecule has 10 nitrogen and oxygen atoms in total. The van der Waals surface area contributed by atoms with Gasteiger partial charge in [-0.3, -0.25) is 0 Å². The van der Waals surface area contributed by atoms with Crippen molar-refractivity contribution in [3.63, 3.8) is 0 Å². The molecule has 5 heterocycles. The fourth-order valence-corrected chi connectivity index (χ4v) is 6.49. The second-order valence-corrected chi connectivity index (χ2v) is 11.8. The molecule has 2 aliphatic heterocycles. The molecule has 0 bridgehead atoms. The Morgan fingerprint density at radius 3 is 2.64 bits per heavy atom. The Hall–Kier alpha value is -2.80. The van der Waals surface area contributed by atoms with Crippen molar-refractivity contribution in [2.75, 3.05) is 58.4 Å². The predicted octanol–water partition coefficient (Wildman–Crippen LogP) is 2.83. The van der Waals surface area contributed by atoms with Gasteiger partial charge in [0.1, 0.15) is 17.3 Å². The zero-order valence-corrected chi connectivity index (χ0v) is 22.1. The van der Waals surface area contributed by atoms with Crippen LogP contribution in [0, 0.1) is 0 Å². The van der Waals surface area contributed by atoms with Crippen molar-refractivity contribution in [1.29, 1.82) is 0 Å². The van der Waals surface area contributed by atoms with Crippen LogP contribution in [0.25, 0.3) is 20.7 Å². The largest absolute Gasteiger partial charge is 0.481 e. The topological polar surface area (TPSA) is 101 Å². The van der Waals surface area contributed by atoms with E-state index in [0.717, 1.165) is 51.3 Å². The summed E-state index contributed by atoms with van der Waals surface area (Å²) >= 11 is 1.55. The van der Waals surface area contributed by atoms with Crippen LogP contribution in [0.3, 0.4) is 0 Å². The number of ether oxygens (including phenoxy) is 2. The van der Waals surface area contributed by atoms with Gasteiger partial charge in [0, 0.05) is 60.3 Å². The minimum atomic E-state index is -3.45. The quantitative estimate of drug-likeness (QED) is 0.435. The molecule has 0 radical (unpaired) electrons. The predicted molar refractivity (Wildman–Crippen MR) is 141 cm³/mol. The maximum absolute atomic E-state index is 12.2. The number of thiophene rings is 1. The van der Waals surface area contributed by atoms with Crippen LogP contribution >= 0.6 is 11.3 Å². The summed E-state index contributed by atoms with van der Waals surface area (Å²) in [7, 11) is 0.259. The molecule has 2 fully saturated rings. The van der Waals surface area contributed by atoms with Crippen LogP contribution in [0.2, 0.25) is 0 Å². The van der Waals surface area contributed by atoms with Gasteiger partial charge in [0.15, 0.2) is 0 Å². The molecule has 3 aromatic rings. The number of anilines is 1. The van der Waals surface area contributed by atoms with E-state index < -0.39 is 10.0 Å². The number of likely N-dealkylation sites (tertiary alicyclic amines) is 1. The van der Waals surface area contributed by atoms with Gasteiger partial charge in [0.25, 0.3) is 0 Å². The third kappa shape index (κ3) is 5.03. The number of fused-ring (bicyclic) bond motifs is 1. The van der Waals surface area contributed by atoms with Gasteiger partial charge in [-0.15, -0.1) is 11.3 Å². The van der Waals surface area contributed by atoms with Gasteiger partial charge in [0.05, 0.1) is 12.5 Å². The summed E-state index contributed by atoms with van der Waals surface area (Å²) in [5, 5.41) is 1.92. The zero-order valence-electron chi connectivity index (χ0n) is 20.5. The van der Waals surface area contributed by atoms with E-state index in [0.29, 0.717) is 50.7 Å². The minimum Gasteiger partial charge on any atom is -0.481 e. The SMILES string of the molecule is C=CS(=O)(=O)N1CCN(c2nc(OC[C@H]3CCCN3C)nc3sc(-c4ccc(OC)nc4)cc23)CC1. The van der Waals surface area contributed by atoms with Gasteiger partial charge in [-0.25, -0.2) is 13.4 Å². The normalized spacial score (nSPS) is 19.6. The molecular formula is C24H30N6O4S2. The van der Waals surface area contributed by atoms with Gasteiger partial charge in [-0.1, -0.05) is 6.58 Å². The molecule has 2 aliphatic rings. The van der Waals surface area contributed by atoms with Crippen molar-refractivity contribution in [3.8, 4) is 22.3 Å². The number of hydrogen-bond donors (Lipinski definition) is 0. The first kappa shape index (κ1) is 24.9. The summed E-state index contributed by atoms with van der Waals surface area (Å²) in [4.78, 5) is 20.1. The van der Waals surface area contributed by atoms with E-state index in [1.807, 2.05) is 12.1 Å². The smallest absolute Gasteiger partial charge is 0.319 e. The zero-order chi connectivity index (χ0) is 25.3. The average molecular weight is 531 g/mol. The number of pyridine rings is 1. The van der Waals surface area contributed by atoms with Gasteiger partial charge in [-0.05, 0) is 38.6 Å². The Labute approximate surface area is 215 Å². The van der Waals surface area contributed by atoms with Gasteiger partial charge in [-0.2, -0.15) is 14.3 Å². The van der Waals surface area contributed by atoms with Gasteiger partial charge < -0.3 is 19.3 Å². The molecule has 36 heavy (non-hydrogen) atoms. The molecule has 0 N–H and O–H groups in total. The van der Waals surface area contributed by atoms with Crippen LogP contribution in [0.15, 0.2) is 36.4 Å². The molecule has 0 unspecified atom stereocenters. The van der Waals surface area contributed by atoms with Crippen LogP contribution < -0.4 is 14.4 Å². The van der Waals surface area contributed by atoms with Crippen LogP contribution in [-0.2, 0) is 10.0 Å². The summed E-state index contributed by atoms with van der Waals surface area (Å²) in [6.45, 7) is 6.80. The van der Waals surface area contributed by atoms with Crippen molar-refractivity contribution in [3.05, 3.63) is 36.4 Å². The Morgan fingerprint density at radius 2 is 2.00 bits per heavy atom. The number of sulfonamides is 1. The highest BCUT2D eigenvalue weighted by atomic mass is 32.2. The van der Waals surface area contributed by atoms with E-state index in [1.54, 1.807) is 24.6 Å². The van der Waals surface area contributed by atoms with E-state index >= 15 is 0 Å². The first-order valence-electron chi connectivity index (χ1n) is 11.9. The van der Waals surface area contributed by atoms with E-state index in [-0.39, 0.29) is 0 Å². The van der Waals surface area contributed by atoms with Crippen molar-refractivity contribution >= 4 is 37.4 Å². The molecule has 192 valence electrons. The Bertz CT molecular complexity index is 1340. The summed E-state index contributed by atoms with van der Waals surface area (Å²) < 4.78 is 37.2. The van der Waals surface area contributed by atoms with Crippen LogP contribution in [0.1, 0.15) is 12.8 Å². The molecule has 0 spiro atoms. The fourth-order valence-electron chi connectivity index (χ4n) is 4.60. The second-order valence-electron chi connectivity index (χ2n) is 8.93. The van der Waals surface area contributed by atoms with E-state index in [1.165, 1.54) is 4.31 Å². The lowest BCUT2D eigenvalue weighted by Gasteiger charge is -2.34.